The molecule has 0 aliphatic carbocycles. The zero-order chi connectivity index (χ0) is 15.0. The molecule has 1 unspecified atom stereocenters. The summed E-state index contributed by atoms with van der Waals surface area (Å²) in [6.07, 6.45) is -7.26. The molecule has 6 N–H and O–H groups in total. The van der Waals surface area contributed by atoms with Gasteiger partial charge in [-0.3, -0.25) is 0 Å². The normalized spacial score (nSPS) is 19.3. The van der Waals surface area contributed by atoms with E-state index in [1.165, 1.54) is 0 Å². The molecule has 8 heteroatoms. The van der Waals surface area contributed by atoms with E-state index in [2.05, 4.69) is 5.32 Å². The van der Waals surface area contributed by atoms with Crippen molar-refractivity contribution in [2.75, 3.05) is 20.2 Å². The second kappa shape index (κ2) is 9.18. The van der Waals surface area contributed by atoms with Crippen LogP contribution >= 0.6 is 0 Å². The molecule has 0 bridgehead atoms. The SMILES string of the molecule is CCC(O)C(=O)O[C@@H]([C@H](O)[C@@H](O)CNC)[C@H](O)CO. The maximum absolute atomic E-state index is 11.4. The molecule has 0 saturated heterocycles. The third-order valence-electron chi connectivity index (χ3n) is 2.62. The summed E-state index contributed by atoms with van der Waals surface area (Å²) in [5.74, 6) is -1.03. The van der Waals surface area contributed by atoms with Crippen LogP contribution in [0.4, 0.5) is 0 Å². The van der Waals surface area contributed by atoms with Crippen molar-refractivity contribution in [3.05, 3.63) is 0 Å². The number of hydrogen-bond donors (Lipinski definition) is 6. The molecule has 114 valence electrons. The number of hydrogen-bond acceptors (Lipinski definition) is 8. The quantitative estimate of drug-likeness (QED) is 0.245. The second-order valence-corrected chi connectivity index (χ2v) is 4.19. The van der Waals surface area contributed by atoms with Crippen LogP contribution < -0.4 is 5.32 Å². The molecule has 19 heavy (non-hydrogen) atoms. The lowest BCUT2D eigenvalue weighted by Crippen LogP contribution is -2.51. The summed E-state index contributed by atoms with van der Waals surface area (Å²) < 4.78 is 4.75. The molecule has 0 aliphatic heterocycles. The monoisotopic (exact) mass is 281 g/mol. The molecule has 0 spiro atoms. The van der Waals surface area contributed by atoms with Gasteiger partial charge in [0.2, 0.25) is 0 Å². The van der Waals surface area contributed by atoms with Crippen molar-refractivity contribution in [2.45, 2.75) is 43.9 Å². The van der Waals surface area contributed by atoms with Crippen molar-refractivity contribution in [3.8, 4) is 0 Å². The zero-order valence-corrected chi connectivity index (χ0v) is 11.1. The molecule has 0 aromatic rings. The molecule has 0 amide bonds. The third kappa shape index (κ3) is 5.81. The number of rotatable bonds is 9. The Bertz CT molecular complexity index is 263. The van der Waals surface area contributed by atoms with Crippen molar-refractivity contribution < 1.29 is 35.1 Å². The summed E-state index contributed by atoms with van der Waals surface area (Å²) in [6.45, 7) is 0.795. The first-order chi connectivity index (χ1) is 8.88. The summed E-state index contributed by atoms with van der Waals surface area (Å²) in [6, 6.07) is 0. The van der Waals surface area contributed by atoms with Crippen molar-refractivity contribution >= 4 is 5.97 Å². The average Bonchev–Trinajstić information content (AvgIpc) is 2.42. The summed E-state index contributed by atoms with van der Waals surface area (Å²) in [5, 5.41) is 49.6. The number of aliphatic hydroxyl groups is 5. The van der Waals surface area contributed by atoms with Crippen molar-refractivity contribution in [3.63, 3.8) is 0 Å². The number of aliphatic hydroxyl groups excluding tert-OH is 5. The molecule has 0 radical (unpaired) electrons. The Labute approximate surface area is 111 Å². The predicted octanol–water partition coefficient (Wildman–Crippen LogP) is -3.04. The van der Waals surface area contributed by atoms with Gasteiger partial charge in [0.1, 0.15) is 12.2 Å². The Morgan fingerprint density at radius 3 is 2.21 bits per heavy atom. The zero-order valence-electron chi connectivity index (χ0n) is 11.1. The Morgan fingerprint density at radius 1 is 1.21 bits per heavy atom. The highest BCUT2D eigenvalue weighted by Gasteiger charge is 2.35. The first-order valence-corrected chi connectivity index (χ1v) is 6.07. The summed E-state index contributed by atoms with van der Waals surface area (Å²) >= 11 is 0. The van der Waals surface area contributed by atoms with Gasteiger partial charge in [0.25, 0.3) is 0 Å². The molecular weight excluding hydrogens is 258 g/mol. The van der Waals surface area contributed by atoms with Gasteiger partial charge < -0.3 is 35.6 Å². The molecule has 0 saturated carbocycles. The van der Waals surface area contributed by atoms with Crippen molar-refractivity contribution in [1.29, 1.82) is 0 Å². The van der Waals surface area contributed by atoms with Gasteiger partial charge >= 0.3 is 5.97 Å². The molecular formula is C11H23NO7. The van der Waals surface area contributed by atoms with E-state index in [1.807, 2.05) is 0 Å². The minimum atomic E-state index is -1.59. The largest absolute Gasteiger partial charge is 0.455 e. The topological polar surface area (TPSA) is 139 Å². The number of ether oxygens (including phenoxy) is 1. The lowest BCUT2D eigenvalue weighted by molar-refractivity contribution is -0.183. The fraction of sp³-hybridized carbons (Fsp3) is 0.909. The average molecular weight is 281 g/mol. The van der Waals surface area contributed by atoms with E-state index in [9.17, 15) is 25.2 Å². The highest BCUT2D eigenvalue weighted by molar-refractivity contribution is 5.74. The highest BCUT2D eigenvalue weighted by atomic mass is 16.6. The van der Waals surface area contributed by atoms with Gasteiger partial charge in [0, 0.05) is 6.54 Å². The molecule has 5 atom stereocenters. The molecule has 0 aromatic heterocycles. The maximum atomic E-state index is 11.4. The third-order valence-corrected chi connectivity index (χ3v) is 2.62. The van der Waals surface area contributed by atoms with Gasteiger partial charge in [0.05, 0.1) is 12.7 Å². The van der Waals surface area contributed by atoms with Crippen LogP contribution in [0.3, 0.4) is 0 Å². The molecule has 0 aliphatic rings. The van der Waals surface area contributed by atoms with E-state index in [0.29, 0.717) is 0 Å². The van der Waals surface area contributed by atoms with E-state index < -0.39 is 43.1 Å². The van der Waals surface area contributed by atoms with E-state index in [-0.39, 0.29) is 13.0 Å². The summed E-state index contributed by atoms with van der Waals surface area (Å²) in [4.78, 5) is 11.4. The predicted molar refractivity (Wildman–Crippen MR) is 65.2 cm³/mol. The lowest BCUT2D eigenvalue weighted by atomic mass is 10.0. The maximum Gasteiger partial charge on any atom is 0.335 e. The molecule has 0 aromatic carbocycles. The van der Waals surface area contributed by atoms with Crippen LogP contribution in [0, 0.1) is 0 Å². The van der Waals surface area contributed by atoms with E-state index in [0.717, 1.165) is 0 Å². The number of nitrogens with one attached hydrogen (secondary N) is 1. The number of carbonyl (C=O) groups is 1. The van der Waals surface area contributed by atoms with E-state index in [1.54, 1.807) is 14.0 Å². The van der Waals surface area contributed by atoms with Crippen LogP contribution in [-0.2, 0) is 9.53 Å². The van der Waals surface area contributed by atoms with Crippen LogP contribution in [-0.4, -0.2) is 82.2 Å². The van der Waals surface area contributed by atoms with Crippen LogP contribution in [0.25, 0.3) is 0 Å². The van der Waals surface area contributed by atoms with Crippen LogP contribution in [0.15, 0.2) is 0 Å². The van der Waals surface area contributed by atoms with Gasteiger partial charge in [-0.15, -0.1) is 0 Å². The second-order valence-electron chi connectivity index (χ2n) is 4.19. The fourth-order valence-corrected chi connectivity index (χ4v) is 1.41. The highest BCUT2D eigenvalue weighted by Crippen LogP contribution is 2.11. The molecule has 8 nitrogen and oxygen atoms in total. The van der Waals surface area contributed by atoms with Crippen LogP contribution in [0.2, 0.25) is 0 Å². The molecule has 0 rings (SSSR count). The lowest BCUT2D eigenvalue weighted by Gasteiger charge is -2.29. The molecule has 0 fully saturated rings. The number of likely N-dealkylation sites (N-methyl/N-ethyl adjacent to an activating group) is 1. The Kier molecular flexibility index (Phi) is 8.81. The number of carbonyl (C=O) groups excluding carboxylic acids is 1. The first kappa shape index (κ1) is 18.2. The Balaban J connectivity index is 4.76. The van der Waals surface area contributed by atoms with Gasteiger partial charge in [-0.1, -0.05) is 6.92 Å². The standard InChI is InChI=1S/C11H23NO7/c1-3-6(14)11(18)19-10(8(16)5-13)9(17)7(15)4-12-2/h6-10,12-17H,3-5H2,1-2H3/t6?,7-,8+,9+,10+/m0/s1. The Morgan fingerprint density at radius 2 is 1.79 bits per heavy atom. The smallest absolute Gasteiger partial charge is 0.335 e. The van der Waals surface area contributed by atoms with Crippen molar-refractivity contribution in [2.24, 2.45) is 0 Å². The molecule has 0 heterocycles. The van der Waals surface area contributed by atoms with Crippen molar-refractivity contribution in [1.82, 2.24) is 5.32 Å². The van der Waals surface area contributed by atoms with Gasteiger partial charge in [-0.05, 0) is 13.5 Å². The van der Waals surface area contributed by atoms with Gasteiger partial charge in [-0.2, -0.15) is 0 Å². The van der Waals surface area contributed by atoms with Gasteiger partial charge in [0.15, 0.2) is 12.2 Å². The number of esters is 1. The fourth-order valence-electron chi connectivity index (χ4n) is 1.41. The summed E-state index contributed by atoms with van der Waals surface area (Å²) in [7, 11) is 1.54. The van der Waals surface area contributed by atoms with E-state index >= 15 is 0 Å². The minimum Gasteiger partial charge on any atom is -0.455 e. The summed E-state index contributed by atoms with van der Waals surface area (Å²) in [5.41, 5.74) is 0. The minimum absolute atomic E-state index is 0.00367. The first-order valence-electron chi connectivity index (χ1n) is 6.07. The van der Waals surface area contributed by atoms with E-state index in [4.69, 9.17) is 9.84 Å². The Hall–Kier alpha value is -0.770. The van der Waals surface area contributed by atoms with Crippen LogP contribution in [0.5, 0.6) is 0 Å². The van der Waals surface area contributed by atoms with Gasteiger partial charge in [-0.25, -0.2) is 4.79 Å². The van der Waals surface area contributed by atoms with Crippen LogP contribution in [0.1, 0.15) is 13.3 Å².